The van der Waals surface area contributed by atoms with Crippen LogP contribution in [0.25, 0.3) is 20.2 Å². The Morgan fingerprint density at radius 1 is 1.21 bits per heavy atom. The Bertz CT molecular complexity index is 1260. The number of amides is 1. The molecule has 0 spiro atoms. The number of aryl methyl sites for hydroxylation is 2. The van der Waals surface area contributed by atoms with Crippen molar-refractivity contribution in [3.8, 4) is 0 Å². The first-order chi connectivity index (χ1) is 13.5. The van der Waals surface area contributed by atoms with E-state index in [-0.39, 0.29) is 11.5 Å². The molecule has 0 saturated heterocycles. The van der Waals surface area contributed by atoms with Crippen molar-refractivity contribution in [2.24, 2.45) is 0 Å². The van der Waals surface area contributed by atoms with E-state index in [2.05, 4.69) is 17.3 Å². The van der Waals surface area contributed by atoms with Crippen molar-refractivity contribution in [3.05, 3.63) is 70.1 Å². The molecule has 5 nitrogen and oxygen atoms in total. The topological polar surface area (TPSA) is 64.0 Å². The second-order valence-corrected chi connectivity index (χ2v) is 7.91. The fourth-order valence-electron chi connectivity index (χ4n) is 3.37. The van der Waals surface area contributed by atoms with Crippen LogP contribution in [-0.2, 0) is 11.2 Å². The van der Waals surface area contributed by atoms with E-state index >= 15 is 0 Å². The second kappa shape index (κ2) is 7.20. The fraction of sp³-hybridized carbons (Fsp3) is 0.227. The number of hydrogen-bond donors (Lipinski definition) is 1. The lowest BCUT2D eigenvalue weighted by Crippen LogP contribution is -2.33. The van der Waals surface area contributed by atoms with Crippen LogP contribution >= 0.6 is 11.3 Å². The van der Waals surface area contributed by atoms with E-state index in [4.69, 9.17) is 0 Å². The summed E-state index contributed by atoms with van der Waals surface area (Å²) in [5.74, 6) is -0.263. The molecule has 28 heavy (non-hydrogen) atoms. The summed E-state index contributed by atoms with van der Waals surface area (Å²) in [5.41, 5.74) is 2.39. The minimum Gasteiger partial charge on any atom is -0.324 e. The molecule has 2 aromatic carbocycles. The maximum absolute atomic E-state index is 13.2. The number of anilines is 1. The van der Waals surface area contributed by atoms with Gasteiger partial charge in [-0.05, 0) is 44.0 Å². The van der Waals surface area contributed by atoms with Crippen LogP contribution in [0.1, 0.15) is 31.1 Å². The number of carbonyl (C=O) groups is 1. The zero-order chi connectivity index (χ0) is 19.8. The van der Waals surface area contributed by atoms with Gasteiger partial charge >= 0.3 is 0 Å². The molecule has 2 heterocycles. The highest BCUT2D eigenvalue weighted by Crippen LogP contribution is 2.32. The van der Waals surface area contributed by atoms with Crippen molar-refractivity contribution in [1.82, 2.24) is 9.78 Å². The van der Waals surface area contributed by atoms with E-state index in [0.29, 0.717) is 5.39 Å². The van der Waals surface area contributed by atoms with Crippen molar-refractivity contribution in [2.45, 2.75) is 33.2 Å². The molecular weight excluding hydrogens is 370 g/mol. The van der Waals surface area contributed by atoms with Crippen molar-refractivity contribution >= 4 is 43.1 Å². The van der Waals surface area contributed by atoms with Gasteiger partial charge in [-0.15, -0.1) is 11.3 Å². The van der Waals surface area contributed by atoms with E-state index in [1.165, 1.54) is 4.68 Å². The van der Waals surface area contributed by atoms with Gasteiger partial charge in [0.25, 0.3) is 5.56 Å². The van der Waals surface area contributed by atoms with E-state index in [1.54, 1.807) is 18.3 Å². The van der Waals surface area contributed by atoms with Crippen LogP contribution in [0.5, 0.6) is 0 Å². The molecule has 0 fully saturated rings. The van der Waals surface area contributed by atoms with Gasteiger partial charge in [0.2, 0.25) is 5.91 Å². The molecule has 1 N–H and O–H groups in total. The van der Waals surface area contributed by atoms with Gasteiger partial charge in [-0.1, -0.05) is 37.3 Å². The van der Waals surface area contributed by atoms with Crippen molar-refractivity contribution in [2.75, 3.05) is 5.32 Å². The molecule has 0 aliphatic carbocycles. The number of nitrogens with zero attached hydrogens (tertiary/aromatic N) is 2. The average molecular weight is 391 g/mol. The molecule has 4 rings (SSSR count). The van der Waals surface area contributed by atoms with Crippen molar-refractivity contribution in [1.29, 1.82) is 0 Å². The number of benzene rings is 2. The summed E-state index contributed by atoms with van der Waals surface area (Å²) in [4.78, 5) is 26.0. The number of rotatable bonds is 4. The summed E-state index contributed by atoms with van der Waals surface area (Å²) in [6, 6.07) is 14.8. The third-order valence-corrected chi connectivity index (χ3v) is 6.23. The Labute approximate surface area is 166 Å². The zero-order valence-corrected chi connectivity index (χ0v) is 16.8. The lowest BCUT2D eigenvalue weighted by Gasteiger charge is -2.15. The van der Waals surface area contributed by atoms with Crippen LogP contribution in [-0.4, -0.2) is 15.7 Å². The fourth-order valence-corrected chi connectivity index (χ4v) is 4.50. The molecule has 0 bridgehead atoms. The summed E-state index contributed by atoms with van der Waals surface area (Å²) >= 11 is 1.56. The molecule has 0 aliphatic heterocycles. The number of thiophene rings is 1. The second-order valence-electron chi connectivity index (χ2n) is 6.86. The number of fused-ring (bicyclic) bond motifs is 3. The highest BCUT2D eigenvalue weighted by molar-refractivity contribution is 7.26. The van der Waals surface area contributed by atoms with Crippen LogP contribution in [0.2, 0.25) is 0 Å². The van der Waals surface area contributed by atoms with Gasteiger partial charge in [0.05, 0.1) is 15.8 Å². The molecule has 2 aromatic heterocycles. The number of carbonyl (C=O) groups excluding carboxylic acids is 1. The quantitative estimate of drug-likeness (QED) is 0.549. The van der Waals surface area contributed by atoms with Gasteiger partial charge in [0.1, 0.15) is 6.04 Å². The van der Waals surface area contributed by atoms with E-state index in [1.807, 2.05) is 55.5 Å². The maximum Gasteiger partial charge on any atom is 0.276 e. The standard InChI is InChI=1S/C22H21N3O2S/c1-4-15-8-7-9-16(12-15)23-21(26)14(3)25-22(27)19-17-10-5-6-11-18(17)28-20(19)13(2)24-25/h5-12,14H,4H2,1-3H3,(H,23,26). The third kappa shape index (κ3) is 3.10. The molecule has 0 aliphatic rings. The molecular formula is C22H21N3O2S. The summed E-state index contributed by atoms with van der Waals surface area (Å²) < 4.78 is 3.23. The van der Waals surface area contributed by atoms with Gasteiger partial charge in [-0.2, -0.15) is 5.10 Å². The molecule has 0 saturated carbocycles. The number of hydrogen-bond acceptors (Lipinski definition) is 4. The smallest absolute Gasteiger partial charge is 0.276 e. The van der Waals surface area contributed by atoms with Crippen molar-refractivity contribution in [3.63, 3.8) is 0 Å². The summed E-state index contributed by atoms with van der Waals surface area (Å²) in [6.07, 6.45) is 0.890. The monoisotopic (exact) mass is 391 g/mol. The highest BCUT2D eigenvalue weighted by atomic mass is 32.1. The van der Waals surface area contributed by atoms with Gasteiger partial charge < -0.3 is 5.32 Å². The van der Waals surface area contributed by atoms with E-state index in [9.17, 15) is 9.59 Å². The molecule has 1 amide bonds. The molecule has 0 radical (unpaired) electrons. The molecule has 6 heteroatoms. The summed E-state index contributed by atoms with van der Waals surface area (Å²) in [6.45, 7) is 5.65. The lowest BCUT2D eigenvalue weighted by atomic mass is 10.1. The molecule has 4 aromatic rings. The van der Waals surface area contributed by atoms with Crippen LogP contribution in [0.15, 0.2) is 53.3 Å². The zero-order valence-electron chi connectivity index (χ0n) is 16.0. The van der Waals surface area contributed by atoms with Crippen LogP contribution in [0, 0.1) is 6.92 Å². The first-order valence-corrected chi connectivity index (χ1v) is 10.1. The SMILES string of the molecule is CCc1cccc(NC(=O)C(C)n2nc(C)c3sc4ccccc4c3c2=O)c1. The number of aromatic nitrogens is 2. The minimum atomic E-state index is -0.723. The Morgan fingerprint density at radius 3 is 2.79 bits per heavy atom. The van der Waals surface area contributed by atoms with Crippen LogP contribution in [0.3, 0.4) is 0 Å². The van der Waals surface area contributed by atoms with Gasteiger partial charge in [-0.3, -0.25) is 9.59 Å². The lowest BCUT2D eigenvalue weighted by molar-refractivity contribution is -0.119. The van der Waals surface area contributed by atoms with Gasteiger partial charge in [-0.25, -0.2) is 4.68 Å². The largest absolute Gasteiger partial charge is 0.324 e. The maximum atomic E-state index is 13.2. The van der Waals surface area contributed by atoms with E-state index < -0.39 is 6.04 Å². The summed E-state index contributed by atoms with van der Waals surface area (Å²) in [5, 5.41) is 8.90. The predicted molar refractivity (Wildman–Crippen MR) is 115 cm³/mol. The first kappa shape index (κ1) is 18.4. The van der Waals surface area contributed by atoms with Gasteiger partial charge in [0.15, 0.2) is 0 Å². The summed E-state index contributed by atoms with van der Waals surface area (Å²) in [7, 11) is 0. The third-order valence-electron chi connectivity index (χ3n) is 4.95. The average Bonchev–Trinajstić information content (AvgIpc) is 3.11. The highest BCUT2D eigenvalue weighted by Gasteiger charge is 2.22. The molecule has 1 atom stereocenters. The Morgan fingerprint density at radius 2 is 2.00 bits per heavy atom. The normalized spacial score (nSPS) is 12.4. The first-order valence-electron chi connectivity index (χ1n) is 9.30. The Kier molecular flexibility index (Phi) is 4.73. The molecule has 142 valence electrons. The molecule has 1 unspecified atom stereocenters. The van der Waals surface area contributed by atoms with Crippen molar-refractivity contribution < 1.29 is 4.79 Å². The number of nitrogens with one attached hydrogen (secondary N) is 1. The van der Waals surface area contributed by atoms with E-state index in [0.717, 1.165) is 38.2 Å². The predicted octanol–water partition coefficient (Wildman–Crippen LogP) is 4.68. The Hall–Kier alpha value is -2.99. The van der Waals surface area contributed by atoms with Crippen LogP contribution < -0.4 is 10.9 Å². The van der Waals surface area contributed by atoms with Gasteiger partial charge in [0, 0.05) is 15.8 Å². The minimum absolute atomic E-state index is 0.233. The Balaban J connectivity index is 1.75. The van der Waals surface area contributed by atoms with Crippen LogP contribution in [0.4, 0.5) is 5.69 Å².